The number of likely N-dealkylation sites (N-methyl/N-ethyl adjacent to an activating group) is 2. The number of aldehydes is 1. The first kappa shape index (κ1) is 29.4. The van der Waals surface area contributed by atoms with Crippen LogP contribution in [0.1, 0.15) is 29.5 Å². The van der Waals surface area contributed by atoms with Gasteiger partial charge >= 0.3 is 0 Å². The summed E-state index contributed by atoms with van der Waals surface area (Å²) in [7, 11) is 3.40. The van der Waals surface area contributed by atoms with E-state index < -0.39 is 6.04 Å². The lowest BCUT2D eigenvalue weighted by atomic mass is 10.0. The topological polar surface area (TPSA) is 127 Å². The van der Waals surface area contributed by atoms with Crippen LogP contribution in [0.2, 0.25) is 0 Å². The van der Waals surface area contributed by atoms with E-state index in [1.54, 1.807) is 19.3 Å². The smallest absolute Gasteiger partial charge is 0.237 e. The van der Waals surface area contributed by atoms with E-state index >= 15 is 0 Å². The number of aliphatic hydroxyl groups excluding tert-OH is 1. The molecule has 4 N–H and O–H groups in total. The van der Waals surface area contributed by atoms with Crippen molar-refractivity contribution in [3.05, 3.63) is 83.7 Å². The third-order valence-corrected chi connectivity index (χ3v) is 5.99. The molecule has 0 saturated carbocycles. The Morgan fingerprint density at radius 1 is 1.24 bits per heavy atom. The number of hydrogen-bond donors (Lipinski definition) is 4. The molecule has 2 aromatic rings. The fourth-order valence-corrected chi connectivity index (χ4v) is 3.93. The van der Waals surface area contributed by atoms with Gasteiger partial charge in [0, 0.05) is 31.8 Å². The van der Waals surface area contributed by atoms with Crippen LogP contribution in [0.5, 0.6) is 5.75 Å². The first-order valence-electron chi connectivity index (χ1n) is 12.2. The molecule has 0 aliphatic rings. The highest BCUT2D eigenvalue weighted by molar-refractivity contribution is 5.81. The van der Waals surface area contributed by atoms with E-state index in [0.717, 1.165) is 23.0 Å². The van der Waals surface area contributed by atoms with Crippen LogP contribution in [0.25, 0.3) is 6.08 Å². The van der Waals surface area contributed by atoms with Crippen LogP contribution in [0.15, 0.2) is 72.1 Å². The Morgan fingerprint density at radius 2 is 2.00 bits per heavy atom. The lowest BCUT2D eigenvalue weighted by molar-refractivity contribution is -0.126. The number of benzene rings is 2. The van der Waals surface area contributed by atoms with Gasteiger partial charge in [0.15, 0.2) is 0 Å². The van der Waals surface area contributed by atoms with Crippen molar-refractivity contribution in [1.29, 1.82) is 5.53 Å². The second kappa shape index (κ2) is 16.0. The SMILES string of the molecule is C=Cc1cccc(OC/C(=C/N[C@@H](CO)Cc2ccccc2)N=N)c1CN(C)C(CCC=O)C(=O)NC. The Kier molecular flexibility index (Phi) is 12.7. The Bertz CT molecular complexity index is 1060. The minimum absolute atomic E-state index is 0.0291. The zero-order valence-corrected chi connectivity index (χ0v) is 21.5. The van der Waals surface area contributed by atoms with Crippen LogP contribution < -0.4 is 15.4 Å². The number of carbonyl (C=O) groups excluding carboxylic acids is 2. The predicted molar refractivity (Wildman–Crippen MR) is 144 cm³/mol. The van der Waals surface area contributed by atoms with Crippen LogP contribution in [0.3, 0.4) is 0 Å². The fourth-order valence-electron chi connectivity index (χ4n) is 3.93. The van der Waals surface area contributed by atoms with Crippen molar-refractivity contribution in [3.63, 3.8) is 0 Å². The summed E-state index contributed by atoms with van der Waals surface area (Å²) in [5.41, 5.74) is 10.7. The van der Waals surface area contributed by atoms with Gasteiger partial charge in [0.05, 0.1) is 18.7 Å². The molecule has 2 aromatic carbocycles. The van der Waals surface area contributed by atoms with Crippen molar-refractivity contribution < 1.29 is 19.4 Å². The first-order valence-corrected chi connectivity index (χ1v) is 12.2. The average Bonchev–Trinajstić information content (AvgIpc) is 2.93. The summed E-state index contributed by atoms with van der Waals surface area (Å²) >= 11 is 0. The molecule has 1 amide bonds. The first-order chi connectivity index (χ1) is 18.0. The van der Waals surface area contributed by atoms with Gasteiger partial charge < -0.3 is 25.3 Å². The molecule has 0 aromatic heterocycles. The maximum absolute atomic E-state index is 12.4. The summed E-state index contributed by atoms with van der Waals surface area (Å²) in [5, 5.41) is 19.1. The van der Waals surface area contributed by atoms with E-state index in [-0.39, 0.29) is 31.6 Å². The number of hydrogen-bond acceptors (Lipinski definition) is 8. The van der Waals surface area contributed by atoms with E-state index in [0.29, 0.717) is 30.8 Å². The van der Waals surface area contributed by atoms with Crippen molar-refractivity contribution in [2.24, 2.45) is 5.11 Å². The van der Waals surface area contributed by atoms with Gasteiger partial charge in [-0.2, -0.15) is 5.11 Å². The van der Waals surface area contributed by atoms with Crippen molar-refractivity contribution in [3.8, 4) is 5.75 Å². The maximum atomic E-state index is 12.4. The second-order valence-electron chi connectivity index (χ2n) is 8.59. The largest absolute Gasteiger partial charge is 0.487 e. The number of nitrogens with zero attached hydrogens (tertiary/aromatic N) is 2. The molecule has 0 aliphatic heterocycles. The van der Waals surface area contributed by atoms with Crippen molar-refractivity contribution in [2.75, 3.05) is 27.3 Å². The molecule has 0 spiro atoms. The van der Waals surface area contributed by atoms with Crippen LogP contribution in [-0.2, 0) is 22.6 Å². The Morgan fingerprint density at radius 3 is 2.62 bits per heavy atom. The number of nitrogens with one attached hydrogen (secondary N) is 3. The van der Waals surface area contributed by atoms with E-state index in [1.165, 1.54) is 0 Å². The summed E-state index contributed by atoms with van der Waals surface area (Å²) in [4.78, 5) is 25.2. The molecular weight excluding hydrogens is 470 g/mol. The molecule has 0 bridgehead atoms. The second-order valence-corrected chi connectivity index (χ2v) is 8.59. The third-order valence-electron chi connectivity index (χ3n) is 5.99. The lowest BCUT2D eigenvalue weighted by Gasteiger charge is -2.27. The molecule has 0 heterocycles. The maximum Gasteiger partial charge on any atom is 0.237 e. The molecule has 2 rings (SSSR count). The number of carbonyl (C=O) groups is 2. The van der Waals surface area contributed by atoms with Crippen LogP contribution in [0, 0.1) is 5.53 Å². The highest BCUT2D eigenvalue weighted by Gasteiger charge is 2.23. The molecule has 37 heavy (non-hydrogen) atoms. The molecule has 0 fully saturated rings. The highest BCUT2D eigenvalue weighted by Crippen LogP contribution is 2.26. The highest BCUT2D eigenvalue weighted by atomic mass is 16.5. The van der Waals surface area contributed by atoms with Gasteiger partial charge in [0.25, 0.3) is 0 Å². The van der Waals surface area contributed by atoms with Gasteiger partial charge in [-0.25, -0.2) is 5.53 Å². The van der Waals surface area contributed by atoms with Gasteiger partial charge in [-0.1, -0.05) is 55.1 Å². The summed E-state index contributed by atoms with van der Waals surface area (Å²) in [5.74, 6) is 0.411. The Labute approximate surface area is 218 Å². The molecule has 1 unspecified atom stereocenters. The summed E-state index contributed by atoms with van der Waals surface area (Å²) in [6, 6.07) is 14.7. The molecule has 9 nitrogen and oxygen atoms in total. The monoisotopic (exact) mass is 507 g/mol. The lowest BCUT2D eigenvalue weighted by Crippen LogP contribution is -2.43. The molecule has 2 atom stereocenters. The summed E-state index contributed by atoms with van der Waals surface area (Å²) in [6.07, 6.45) is 5.41. The number of aliphatic hydroxyl groups is 1. The summed E-state index contributed by atoms with van der Waals surface area (Å²) in [6.45, 7) is 4.23. The van der Waals surface area contributed by atoms with Crippen LogP contribution >= 0.6 is 0 Å². The van der Waals surface area contributed by atoms with E-state index in [1.807, 2.05) is 60.5 Å². The molecule has 0 saturated heterocycles. The van der Waals surface area contributed by atoms with Gasteiger partial charge in [0.2, 0.25) is 5.91 Å². The van der Waals surface area contributed by atoms with Gasteiger partial charge in [-0.3, -0.25) is 9.69 Å². The van der Waals surface area contributed by atoms with E-state index in [4.69, 9.17) is 10.3 Å². The minimum atomic E-state index is -0.483. The fraction of sp³-hybridized carbons (Fsp3) is 0.357. The van der Waals surface area contributed by atoms with Gasteiger partial charge in [0.1, 0.15) is 24.3 Å². The van der Waals surface area contributed by atoms with E-state index in [9.17, 15) is 14.7 Å². The normalized spacial score (nSPS) is 12.9. The number of ether oxygens (including phenoxy) is 1. The molecule has 0 aliphatic carbocycles. The zero-order valence-electron chi connectivity index (χ0n) is 21.5. The third kappa shape index (κ3) is 9.29. The van der Waals surface area contributed by atoms with Crippen molar-refractivity contribution in [2.45, 2.75) is 37.9 Å². The molecule has 198 valence electrons. The summed E-state index contributed by atoms with van der Waals surface area (Å²) < 4.78 is 6.05. The predicted octanol–water partition coefficient (Wildman–Crippen LogP) is 3.30. The van der Waals surface area contributed by atoms with Crippen molar-refractivity contribution in [1.82, 2.24) is 15.5 Å². The molecule has 0 radical (unpaired) electrons. The molecule has 9 heteroatoms. The number of amides is 1. The zero-order chi connectivity index (χ0) is 27.0. The quantitative estimate of drug-likeness (QED) is 0.192. The Hall–Kier alpha value is -3.82. The van der Waals surface area contributed by atoms with E-state index in [2.05, 4.69) is 22.3 Å². The van der Waals surface area contributed by atoms with Gasteiger partial charge in [-0.15, -0.1) is 0 Å². The van der Waals surface area contributed by atoms with Crippen LogP contribution in [-0.4, -0.2) is 61.6 Å². The Balaban J connectivity index is 2.15. The molecular formula is C28H37N5O4. The van der Waals surface area contributed by atoms with Crippen molar-refractivity contribution >= 4 is 18.3 Å². The minimum Gasteiger partial charge on any atom is -0.487 e. The van der Waals surface area contributed by atoms with Gasteiger partial charge in [-0.05, 0) is 37.1 Å². The van der Waals surface area contributed by atoms with Crippen LogP contribution in [0.4, 0.5) is 0 Å². The average molecular weight is 508 g/mol. The number of rotatable bonds is 17. The standard InChI is InChI=1S/C28H37N5O4/c1-4-22-12-8-14-27(25(22)18-33(3)26(13-9-15-34)28(36)30-2)37-20-24(32-29)17-31-23(19-35)16-21-10-6-5-7-11-21/h4-8,10-12,14-15,17,23,26,29,31,35H,1,9,13,16,18-20H2,2-3H3,(H,30,36)/b24-17-,32-29?/t23-,26?/m1/s1.